The Morgan fingerprint density at radius 1 is 1.24 bits per heavy atom. The van der Waals surface area contributed by atoms with Gasteiger partial charge in [-0.05, 0) is 12.1 Å². The molecule has 7 nitrogen and oxygen atoms in total. The first-order valence-electron chi connectivity index (χ1n) is 5.93. The Morgan fingerprint density at radius 3 is 2.71 bits per heavy atom. The third-order valence-corrected chi connectivity index (χ3v) is 2.72. The van der Waals surface area contributed by atoms with Crippen LogP contribution in [0.1, 0.15) is 5.56 Å². The molecule has 0 aliphatic heterocycles. The van der Waals surface area contributed by atoms with Gasteiger partial charge in [0.1, 0.15) is 22.5 Å². The van der Waals surface area contributed by atoms with Crippen molar-refractivity contribution in [2.24, 2.45) is 5.10 Å². The lowest BCUT2D eigenvalue weighted by molar-refractivity contribution is 0.394. The van der Waals surface area contributed by atoms with Crippen molar-refractivity contribution in [3.8, 4) is 11.5 Å². The second-order valence-electron chi connectivity index (χ2n) is 3.92. The standard InChI is InChI=1S/C13H14ClN5O2/c1-20-9-4-3-8(10(5-9)21-2)7-16-19-13-17-11(14)6-12(15)18-13/h3-7H,1-2H3,(H3,15,17,18,19). The lowest BCUT2D eigenvalue weighted by Gasteiger charge is -2.07. The highest BCUT2D eigenvalue weighted by atomic mass is 35.5. The molecule has 0 bridgehead atoms. The van der Waals surface area contributed by atoms with Crippen LogP contribution < -0.4 is 20.6 Å². The van der Waals surface area contributed by atoms with E-state index in [4.69, 9.17) is 26.8 Å². The van der Waals surface area contributed by atoms with E-state index in [1.165, 1.54) is 6.07 Å². The van der Waals surface area contributed by atoms with Crippen LogP contribution in [0.2, 0.25) is 5.15 Å². The van der Waals surface area contributed by atoms with Gasteiger partial charge in [0.25, 0.3) is 0 Å². The lowest BCUT2D eigenvalue weighted by atomic mass is 10.2. The number of nitrogens with zero attached hydrogens (tertiary/aromatic N) is 3. The summed E-state index contributed by atoms with van der Waals surface area (Å²) in [7, 11) is 3.16. The Labute approximate surface area is 126 Å². The number of rotatable bonds is 5. The molecule has 8 heteroatoms. The van der Waals surface area contributed by atoms with Crippen molar-refractivity contribution in [3.63, 3.8) is 0 Å². The second kappa shape index (κ2) is 6.76. The molecule has 1 aromatic carbocycles. The molecule has 2 aromatic rings. The first kappa shape index (κ1) is 14.9. The molecule has 0 spiro atoms. The fourth-order valence-electron chi connectivity index (χ4n) is 1.57. The van der Waals surface area contributed by atoms with Crippen molar-refractivity contribution in [1.29, 1.82) is 0 Å². The van der Waals surface area contributed by atoms with Crippen LogP contribution in [-0.2, 0) is 0 Å². The number of nitrogens with one attached hydrogen (secondary N) is 1. The lowest BCUT2D eigenvalue weighted by Crippen LogP contribution is -2.00. The van der Waals surface area contributed by atoms with Crippen LogP contribution in [-0.4, -0.2) is 30.4 Å². The molecule has 0 aliphatic carbocycles. The van der Waals surface area contributed by atoms with Crippen LogP contribution >= 0.6 is 11.6 Å². The number of hydrogen-bond donors (Lipinski definition) is 2. The minimum absolute atomic E-state index is 0.212. The number of methoxy groups -OCH3 is 2. The maximum absolute atomic E-state index is 5.77. The summed E-state index contributed by atoms with van der Waals surface area (Å²) in [5.41, 5.74) is 8.97. The highest BCUT2D eigenvalue weighted by molar-refractivity contribution is 6.29. The molecule has 0 saturated heterocycles. The van der Waals surface area contributed by atoms with Crippen molar-refractivity contribution >= 4 is 29.6 Å². The average Bonchev–Trinajstić information content (AvgIpc) is 2.46. The summed E-state index contributed by atoms with van der Waals surface area (Å²) >= 11 is 5.77. The van der Waals surface area contributed by atoms with Crippen molar-refractivity contribution < 1.29 is 9.47 Å². The van der Waals surface area contributed by atoms with Gasteiger partial charge in [-0.2, -0.15) is 15.1 Å². The minimum atomic E-state index is 0.212. The number of halogens is 1. The fraction of sp³-hybridized carbons (Fsp3) is 0.154. The quantitative estimate of drug-likeness (QED) is 0.499. The van der Waals surface area contributed by atoms with Gasteiger partial charge < -0.3 is 15.2 Å². The molecule has 2 rings (SSSR count). The molecule has 0 amide bonds. The number of nitrogens with two attached hydrogens (primary N) is 1. The number of nitrogen functional groups attached to an aromatic ring is 1. The molecule has 21 heavy (non-hydrogen) atoms. The molecular formula is C13H14ClN5O2. The SMILES string of the molecule is COc1ccc(C=NNc2nc(N)cc(Cl)n2)c(OC)c1. The van der Waals surface area contributed by atoms with E-state index in [2.05, 4.69) is 20.5 Å². The summed E-state index contributed by atoms with van der Waals surface area (Å²) in [4.78, 5) is 7.87. The molecule has 1 aromatic heterocycles. The topological polar surface area (TPSA) is 94.7 Å². The second-order valence-corrected chi connectivity index (χ2v) is 4.30. The van der Waals surface area contributed by atoms with Crippen molar-refractivity contribution in [3.05, 3.63) is 35.0 Å². The van der Waals surface area contributed by atoms with Crippen molar-refractivity contribution in [1.82, 2.24) is 9.97 Å². The molecule has 0 atom stereocenters. The van der Waals surface area contributed by atoms with E-state index in [0.717, 1.165) is 5.56 Å². The molecule has 110 valence electrons. The number of hydrogen-bond acceptors (Lipinski definition) is 7. The summed E-state index contributed by atoms with van der Waals surface area (Å²) in [6.45, 7) is 0. The monoisotopic (exact) mass is 307 g/mol. The zero-order chi connectivity index (χ0) is 15.2. The normalized spacial score (nSPS) is 10.6. The van der Waals surface area contributed by atoms with Crippen LogP contribution in [0.15, 0.2) is 29.4 Å². The van der Waals surface area contributed by atoms with Gasteiger partial charge in [0.15, 0.2) is 0 Å². The number of aromatic nitrogens is 2. The van der Waals surface area contributed by atoms with Gasteiger partial charge in [0.05, 0.1) is 20.4 Å². The number of hydrazone groups is 1. The Morgan fingerprint density at radius 2 is 2.05 bits per heavy atom. The zero-order valence-corrected chi connectivity index (χ0v) is 12.3. The van der Waals surface area contributed by atoms with E-state index in [-0.39, 0.29) is 16.9 Å². The predicted octanol–water partition coefficient (Wildman–Crippen LogP) is 2.18. The van der Waals surface area contributed by atoms with Crippen LogP contribution in [0.4, 0.5) is 11.8 Å². The van der Waals surface area contributed by atoms with Crippen molar-refractivity contribution in [2.75, 3.05) is 25.4 Å². The molecule has 0 unspecified atom stereocenters. The van der Waals surface area contributed by atoms with Gasteiger partial charge in [-0.1, -0.05) is 11.6 Å². The Kier molecular flexibility index (Phi) is 4.78. The van der Waals surface area contributed by atoms with E-state index >= 15 is 0 Å². The average molecular weight is 308 g/mol. The number of ether oxygens (including phenoxy) is 2. The van der Waals surface area contributed by atoms with E-state index < -0.39 is 0 Å². The van der Waals surface area contributed by atoms with Crippen molar-refractivity contribution in [2.45, 2.75) is 0 Å². The summed E-state index contributed by atoms with van der Waals surface area (Å²) in [5, 5.41) is 4.26. The highest BCUT2D eigenvalue weighted by Gasteiger charge is 2.03. The zero-order valence-electron chi connectivity index (χ0n) is 11.5. The van der Waals surface area contributed by atoms with Gasteiger partial charge in [-0.3, -0.25) is 0 Å². The van der Waals surface area contributed by atoms with E-state index in [1.807, 2.05) is 6.07 Å². The van der Waals surface area contributed by atoms with E-state index in [0.29, 0.717) is 11.5 Å². The third-order valence-electron chi connectivity index (χ3n) is 2.52. The smallest absolute Gasteiger partial charge is 0.246 e. The molecule has 0 radical (unpaired) electrons. The molecule has 0 fully saturated rings. The fourth-order valence-corrected chi connectivity index (χ4v) is 1.76. The largest absolute Gasteiger partial charge is 0.497 e. The van der Waals surface area contributed by atoms with Gasteiger partial charge in [-0.15, -0.1) is 0 Å². The molecular weight excluding hydrogens is 294 g/mol. The van der Waals surface area contributed by atoms with Gasteiger partial charge in [-0.25, -0.2) is 5.43 Å². The van der Waals surface area contributed by atoms with E-state index in [9.17, 15) is 0 Å². The number of anilines is 2. The molecule has 0 saturated carbocycles. The summed E-state index contributed by atoms with van der Waals surface area (Å²) < 4.78 is 10.4. The Hall–Kier alpha value is -2.54. The predicted molar refractivity (Wildman–Crippen MR) is 82.2 cm³/mol. The first-order chi connectivity index (χ1) is 10.1. The van der Waals surface area contributed by atoms with Crippen LogP contribution in [0, 0.1) is 0 Å². The summed E-state index contributed by atoms with van der Waals surface area (Å²) in [6, 6.07) is 6.83. The summed E-state index contributed by atoms with van der Waals surface area (Å²) in [5.74, 6) is 1.80. The van der Waals surface area contributed by atoms with Gasteiger partial charge >= 0.3 is 0 Å². The van der Waals surface area contributed by atoms with E-state index in [1.54, 1.807) is 32.6 Å². The Balaban J connectivity index is 2.14. The molecule has 0 aliphatic rings. The van der Waals surface area contributed by atoms with Gasteiger partial charge in [0.2, 0.25) is 5.95 Å². The molecule has 1 heterocycles. The summed E-state index contributed by atoms with van der Waals surface area (Å²) in [6.07, 6.45) is 1.57. The number of benzene rings is 1. The van der Waals surface area contributed by atoms with Crippen LogP contribution in [0.5, 0.6) is 11.5 Å². The van der Waals surface area contributed by atoms with Crippen LogP contribution in [0.25, 0.3) is 0 Å². The van der Waals surface area contributed by atoms with Gasteiger partial charge in [0, 0.05) is 17.7 Å². The maximum atomic E-state index is 5.77. The maximum Gasteiger partial charge on any atom is 0.246 e. The minimum Gasteiger partial charge on any atom is -0.497 e. The highest BCUT2D eigenvalue weighted by Crippen LogP contribution is 2.23. The third kappa shape index (κ3) is 3.96. The van der Waals surface area contributed by atoms with Crippen LogP contribution in [0.3, 0.4) is 0 Å². The first-order valence-corrected chi connectivity index (χ1v) is 6.31. The Bertz CT molecular complexity index is 643. The molecule has 3 N–H and O–H groups in total.